The average Bonchev–Trinajstić information content (AvgIpc) is 2.04. The van der Waals surface area contributed by atoms with Crippen LogP contribution in [0.25, 0.3) is 0 Å². The van der Waals surface area contributed by atoms with E-state index in [9.17, 15) is 0 Å². The van der Waals surface area contributed by atoms with Crippen molar-refractivity contribution in [1.82, 2.24) is 5.32 Å². The first-order valence-corrected chi connectivity index (χ1v) is 6.47. The van der Waals surface area contributed by atoms with Crippen molar-refractivity contribution in [2.24, 2.45) is 0 Å². The Kier molecular flexibility index (Phi) is 7.38. The highest BCUT2D eigenvalue weighted by atomic mass is 127. The average molecular weight is 332 g/mol. The van der Waals surface area contributed by atoms with Gasteiger partial charge in [0.05, 0.1) is 11.0 Å². The van der Waals surface area contributed by atoms with Crippen LogP contribution in [0.2, 0.25) is 0 Å². The molecule has 0 rings (SSSR count). The number of alkyl halides is 2. The molecule has 0 aromatic rings. The molecule has 14 heavy (non-hydrogen) atoms. The van der Waals surface area contributed by atoms with Gasteiger partial charge in [0.2, 0.25) is 0 Å². The van der Waals surface area contributed by atoms with Crippen molar-refractivity contribution in [3.8, 4) is 0 Å². The minimum Gasteiger partial charge on any atom is -0.376 e. The van der Waals surface area contributed by atoms with Crippen LogP contribution in [0, 0.1) is 0 Å². The first-order chi connectivity index (χ1) is 6.46. The predicted molar refractivity (Wildman–Crippen MR) is 71.6 cm³/mol. The summed E-state index contributed by atoms with van der Waals surface area (Å²) in [6.45, 7) is 6.80. The van der Waals surface area contributed by atoms with Crippen molar-refractivity contribution in [3.63, 3.8) is 0 Å². The fraction of sp³-hybridized carbons (Fsp3) is 0.800. The maximum atomic E-state index is 6.31. The molecule has 4 heteroatoms. The van der Waals surface area contributed by atoms with Crippen molar-refractivity contribution >= 4 is 34.2 Å². The third-order valence-electron chi connectivity index (χ3n) is 2.02. The molecular formula is C10H19ClINO. The molecule has 84 valence electrons. The molecule has 0 amide bonds. The van der Waals surface area contributed by atoms with Gasteiger partial charge in [0.15, 0.2) is 0 Å². The number of hydrogen-bond acceptors (Lipinski definition) is 2. The molecule has 0 unspecified atom stereocenters. The largest absolute Gasteiger partial charge is 0.376 e. The molecule has 2 nitrogen and oxygen atoms in total. The Morgan fingerprint density at radius 3 is 2.64 bits per heavy atom. The van der Waals surface area contributed by atoms with E-state index in [1.54, 1.807) is 7.11 Å². The lowest BCUT2D eigenvalue weighted by molar-refractivity contribution is 0.148. The lowest BCUT2D eigenvalue weighted by Gasteiger charge is -2.25. The van der Waals surface area contributed by atoms with Gasteiger partial charge in [-0.15, -0.1) is 11.6 Å². The fourth-order valence-corrected chi connectivity index (χ4v) is 2.64. The molecule has 1 N–H and O–H groups in total. The molecular weight excluding hydrogens is 312 g/mol. The Labute approximate surface area is 106 Å². The quantitative estimate of drug-likeness (QED) is 0.440. The molecule has 2 atom stereocenters. The Hall–Kier alpha value is 0.680. The minimum atomic E-state index is -0.269. The highest BCUT2D eigenvalue weighted by Crippen LogP contribution is 2.25. The summed E-state index contributed by atoms with van der Waals surface area (Å²) in [5.74, 6) is 0. The predicted octanol–water partition coefficient (Wildman–Crippen LogP) is 2.60. The molecule has 0 fully saturated rings. The zero-order valence-corrected chi connectivity index (χ0v) is 12.0. The van der Waals surface area contributed by atoms with E-state index in [2.05, 4.69) is 34.5 Å². The minimum absolute atomic E-state index is 0.116. The van der Waals surface area contributed by atoms with Gasteiger partial charge in [0.25, 0.3) is 0 Å². The third-order valence-corrected chi connectivity index (χ3v) is 3.09. The van der Waals surface area contributed by atoms with Crippen LogP contribution in [-0.2, 0) is 4.74 Å². The van der Waals surface area contributed by atoms with Crippen LogP contribution in [0.1, 0.15) is 13.3 Å². The molecule has 0 saturated carbocycles. The van der Waals surface area contributed by atoms with Crippen LogP contribution in [0.4, 0.5) is 0 Å². The van der Waals surface area contributed by atoms with Crippen LogP contribution < -0.4 is 5.32 Å². The second kappa shape index (κ2) is 7.04. The summed E-state index contributed by atoms with van der Waals surface area (Å²) in [4.78, 5) is -0.269. The van der Waals surface area contributed by atoms with Gasteiger partial charge in [0.1, 0.15) is 0 Å². The van der Waals surface area contributed by atoms with Gasteiger partial charge < -0.3 is 10.1 Å². The highest BCUT2D eigenvalue weighted by Gasteiger charge is 2.23. The van der Waals surface area contributed by atoms with Gasteiger partial charge in [-0.05, 0) is 26.0 Å². The number of ether oxygens (including phenoxy) is 1. The van der Waals surface area contributed by atoms with E-state index >= 15 is 0 Å². The zero-order chi connectivity index (χ0) is 11.2. The number of hydrogen-bond donors (Lipinski definition) is 1. The van der Waals surface area contributed by atoms with Gasteiger partial charge in [-0.1, -0.05) is 29.2 Å². The lowest BCUT2D eigenvalue weighted by Crippen LogP contribution is -2.33. The maximum Gasteiger partial charge on any atom is 0.0868 e. The Balaban J connectivity index is 4.15. The number of nitrogens with one attached hydrogen (secondary N) is 1. The van der Waals surface area contributed by atoms with Crippen LogP contribution >= 0.6 is 34.2 Å². The third kappa shape index (κ3) is 5.53. The van der Waals surface area contributed by atoms with E-state index in [-0.39, 0.29) is 11.0 Å². The van der Waals surface area contributed by atoms with Gasteiger partial charge in [-0.25, -0.2) is 0 Å². The number of methoxy groups -OCH3 is 1. The van der Waals surface area contributed by atoms with Crippen molar-refractivity contribution in [2.75, 3.05) is 25.1 Å². The first-order valence-electron chi connectivity index (χ1n) is 4.56. The Bertz CT molecular complexity index is 181. The fourth-order valence-electron chi connectivity index (χ4n) is 1.36. The van der Waals surface area contributed by atoms with E-state index in [0.717, 1.165) is 23.0 Å². The van der Waals surface area contributed by atoms with Gasteiger partial charge in [0, 0.05) is 18.1 Å². The van der Waals surface area contributed by atoms with E-state index in [4.69, 9.17) is 16.3 Å². The second-order valence-electron chi connectivity index (χ2n) is 3.66. The molecule has 0 aliphatic rings. The summed E-state index contributed by atoms with van der Waals surface area (Å²) in [7, 11) is 3.60. The van der Waals surface area contributed by atoms with Gasteiger partial charge in [-0.2, -0.15) is 0 Å². The molecule has 0 radical (unpaired) electrons. The summed E-state index contributed by atoms with van der Waals surface area (Å²) in [5, 5.41) is 3.07. The summed E-state index contributed by atoms with van der Waals surface area (Å²) >= 11 is 8.60. The monoisotopic (exact) mass is 331 g/mol. The molecule has 0 heterocycles. The standard InChI is InChI=1S/C10H19ClINO/c1-8(9(6-12)14-4)5-10(2,11)7-13-3/h9,13H,1,5-7H2,2-4H3/t9-,10+/m0/s1. The SMILES string of the molecule is C=C(C[C@@](C)(Cl)CNC)[C@H](CI)OC. The van der Waals surface area contributed by atoms with Crippen molar-refractivity contribution in [3.05, 3.63) is 12.2 Å². The van der Waals surface area contributed by atoms with E-state index < -0.39 is 0 Å². The highest BCUT2D eigenvalue weighted by molar-refractivity contribution is 14.1. The smallest absolute Gasteiger partial charge is 0.0868 e. The van der Waals surface area contributed by atoms with Crippen molar-refractivity contribution in [1.29, 1.82) is 0 Å². The molecule has 0 aliphatic carbocycles. The zero-order valence-electron chi connectivity index (χ0n) is 9.07. The van der Waals surface area contributed by atoms with Gasteiger partial charge >= 0.3 is 0 Å². The van der Waals surface area contributed by atoms with Crippen molar-refractivity contribution < 1.29 is 4.74 Å². The van der Waals surface area contributed by atoms with Crippen LogP contribution in [0.3, 0.4) is 0 Å². The van der Waals surface area contributed by atoms with E-state index in [1.807, 2.05) is 14.0 Å². The van der Waals surface area contributed by atoms with E-state index in [0.29, 0.717) is 0 Å². The molecule has 0 aliphatic heterocycles. The second-order valence-corrected chi connectivity index (χ2v) is 5.45. The molecule has 0 saturated heterocycles. The maximum absolute atomic E-state index is 6.31. The van der Waals surface area contributed by atoms with Crippen LogP contribution in [0.15, 0.2) is 12.2 Å². The lowest BCUT2D eigenvalue weighted by atomic mass is 9.98. The van der Waals surface area contributed by atoms with Crippen molar-refractivity contribution in [2.45, 2.75) is 24.3 Å². The van der Waals surface area contributed by atoms with Crippen LogP contribution in [0.5, 0.6) is 0 Å². The topological polar surface area (TPSA) is 21.3 Å². The van der Waals surface area contributed by atoms with Gasteiger partial charge in [-0.3, -0.25) is 0 Å². The summed E-state index contributed by atoms with van der Waals surface area (Å²) in [6, 6.07) is 0. The summed E-state index contributed by atoms with van der Waals surface area (Å²) in [6.07, 6.45) is 0.891. The Morgan fingerprint density at radius 1 is 1.71 bits per heavy atom. The summed E-state index contributed by atoms with van der Waals surface area (Å²) < 4.78 is 6.22. The Morgan fingerprint density at radius 2 is 2.29 bits per heavy atom. The normalized spacial score (nSPS) is 17.5. The molecule has 0 spiro atoms. The van der Waals surface area contributed by atoms with E-state index in [1.165, 1.54) is 0 Å². The molecule has 0 aromatic carbocycles. The first kappa shape index (κ1) is 14.7. The molecule has 0 bridgehead atoms. The molecule has 0 aromatic heterocycles. The van der Waals surface area contributed by atoms with Crippen LogP contribution in [-0.4, -0.2) is 36.1 Å². The number of halogens is 2. The number of rotatable bonds is 7. The summed E-state index contributed by atoms with van der Waals surface area (Å²) in [5.41, 5.74) is 1.06.